The van der Waals surface area contributed by atoms with Crippen molar-refractivity contribution in [3.63, 3.8) is 0 Å². The van der Waals surface area contributed by atoms with Crippen molar-refractivity contribution >= 4 is 45.4 Å². The Morgan fingerprint density at radius 1 is 1.22 bits per heavy atom. The molecule has 1 amide bonds. The van der Waals surface area contributed by atoms with Crippen molar-refractivity contribution in [2.24, 2.45) is 10.2 Å². The molecule has 5 rings (SSSR count). The van der Waals surface area contributed by atoms with Crippen molar-refractivity contribution in [2.45, 2.75) is 18.0 Å². The lowest BCUT2D eigenvalue weighted by Gasteiger charge is -2.40. The molecular weight excluding hydrogens is 388 g/mol. The molecule has 2 aliphatic rings. The molecule has 0 N–H and O–H groups in total. The number of benzene rings is 1. The second kappa shape index (κ2) is 6.43. The van der Waals surface area contributed by atoms with Crippen LogP contribution in [0.3, 0.4) is 0 Å². The van der Waals surface area contributed by atoms with Gasteiger partial charge < -0.3 is 9.32 Å². The van der Waals surface area contributed by atoms with E-state index in [-0.39, 0.29) is 11.9 Å². The summed E-state index contributed by atoms with van der Waals surface area (Å²) in [6.45, 7) is 0.985. The molecule has 0 aliphatic carbocycles. The Morgan fingerprint density at radius 2 is 2.11 bits per heavy atom. The minimum atomic E-state index is -0.655. The summed E-state index contributed by atoms with van der Waals surface area (Å²) in [5, 5.41) is 17.4. The van der Waals surface area contributed by atoms with Gasteiger partial charge in [0.05, 0.1) is 18.5 Å². The third-order valence-corrected chi connectivity index (χ3v) is 5.82. The summed E-state index contributed by atoms with van der Waals surface area (Å²) in [5.41, 5.74) is 1.83. The van der Waals surface area contributed by atoms with Crippen LogP contribution >= 0.6 is 22.9 Å². The molecule has 1 fully saturated rings. The molecule has 1 aromatic carbocycles. The van der Waals surface area contributed by atoms with Crippen LogP contribution in [0.1, 0.15) is 16.8 Å². The van der Waals surface area contributed by atoms with Crippen LogP contribution in [0.5, 0.6) is 0 Å². The SMILES string of the molecule is O=C1C(Cl)C(c2ccco2)N1c1nnc(CN2CN=Nc3ccccc32)s1. The standard InChI is InChI=1S/C17H13ClN6O2S/c18-14-15(12-6-3-7-26-12)24(16(14)25)17-22-21-13(27-17)8-23-9-19-20-10-4-1-2-5-11(10)23/h1-7,14-15H,8-9H2. The predicted octanol–water partition coefficient (Wildman–Crippen LogP) is 3.89. The van der Waals surface area contributed by atoms with E-state index in [2.05, 4.69) is 25.3 Å². The van der Waals surface area contributed by atoms with Crippen LogP contribution in [0.2, 0.25) is 0 Å². The first-order valence-electron chi connectivity index (χ1n) is 8.27. The van der Waals surface area contributed by atoms with Crippen LogP contribution in [-0.2, 0) is 11.3 Å². The summed E-state index contributed by atoms with van der Waals surface area (Å²) in [6, 6.07) is 11.0. The van der Waals surface area contributed by atoms with Crippen molar-refractivity contribution in [2.75, 3.05) is 16.5 Å². The molecule has 0 spiro atoms. The molecule has 4 heterocycles. The fraction of sp³-hybridized carbons (Fsp3) is 0.235. The van der Waals surface area contributed by atoms with Crippen LogP contribution in [0.4, 0.5) is 16.5 Å². The van der Waals surface area contributed by atoms with Gasteiger partial charge in [0.15, 0.2) is 0 Å². The molecule has 0 bridgehead atoms. The molecule has 2 unspecified atom stereocenters. The van der Waals surface area contributed by atoms with E-state index in [1.165, 1.54) is 11.3 Å². The second-order valence-electron chi connectivity index (χ2n) is 6.12. The minimum Gasteiger partial charge on any atom is -0.467 e. The number of β-lactam (4-membered cyclic amide) rings is 1. The molecule has 10 heteroatoms. The van der Waals surface area contributed by atoms with Gasteiger partial charge in [0, 0.05) is 0 Å². The topological polar surface area (TPSA) is 87.2 Å². The monoisotopic (exact) mass is 400 g/mol. The zero-order valence-corrected chi connectivity index (χ0v) is 15.5. The molecule has 2 aliphatic heterocycles. The van der Waals surface area contributed by atoms with Crippen LogP contribution in [0.25, 0.3) is 0 Å². The highest BCUT2D eigenvalue weighted by Gasteiger charge is 2.51. The number of carbonyl (C=O) groups excluding carboxylic acids is 1. The fourth-order valence-corrected chi connectivity index (χ4v) is 4.42. The van der Waals surface area contributed by atoms with Gasteiger partial charge in [-0.3, -0.25) is 9.69 Å². The maximum atomic E-state index is 12.3. The number of rotatable bonds is 4. The molecule has 8 nitrogen and oxygen atoms in total. The van der Waals surface area contributed by atoms with Crippen LogP contribution in [0.15, 0.2) is 57.3 Å². The normalized spacial score (nSPS) is 21.3. The second-order valence-corrected chi connectivity index (χ2v) is 7.63. The van der Waals surface area contributed by atoms with E-state index in [1.54, 1.807) is 23.3 Å². The maximum absolute atomic E-state index is 12.3. The molecule has 2 atom stereocenters. The number of hydrogen-bond donors (Lipinski definition) is 0. The number of azo groups is 1. The maximum Gasteiger partial charge on any atom is 0.250 e. The Morgan fingerprint density at radius 3 is 2.96 bits per heavy atom. The average molecular weight is 401 g/mol. The highest BCUT2D eigenvalue weighted by atomic mass is 35.5. The number of amides is 1. The lowest BCUT2D eigenvalue weighted by molar-refractivity contribution is -0.124. The van der Waals surface area contributed by atoms with Crippen LogP contribution in [0, 0.1) is 0 Å². The number of halogens is 1. The van der Waals surface area contributed by atoms with Gasteiger partial charge >= 0.3 is 0 Å². The first kappa shape index (κ1) is 16.4. The lowest BCUT2D eigenvalue weighted by atomic mass is 10.00. The van der Waals surface area contributed by atoms with E-state index < -0.39 is 5.38 Å². The van der Waals surface area contributed by atoms with Gasteiger partial charge in [0.1, 0.15) is 34.5 Å². The van der Waals surface area contributed by atoms with Crippen molar-refractivity contribution in [3.05, 3.63) is 53.4 Å². The molecule has 3 aromatic rings. The first-order valence-corrected chi connectivity index (χ1v) is 9.52. The number of anilines is 2. The summed E-state index contributed by atoms with van der Waals surface area (Å²) in [4.78, 5) is 15.9. The van der Waals surface area contributed by atoms with Gasteiger partial charge in [0.25, 0.3) is 0 Å². The summed E-state index contributed by atoms with van der Waals surface area (Å²) < 4.78 is 5.42. The average Bonchev–Trinajstić information content (AvgIpc) is 3.37. The van der Waals surface area contributed by atoms with E-state index >= 15 is 0 Å². The summed E-state index contributed by atoms with van der Waals surface area (Å²) in [6.07, 6.45) is 1.56. The quantitative estimate of drug-likeness (QED) is 0.489. The Kier molecular flexibility index (Phi) is 3.91. The lowest BCUT2D eigenvalue weighted by Crippen LogP contribution is -2.56. The van der Waals surface area contributed by atoms with Crippen molar-refractivity contribution in [1.29, 1.82) is 0 Å². The van der Waals surface area contributed by atoms with Gasteiger partial charge in [-0.05, 0) is 24.3 Å². The number of hydrogen-bond acceptors (Lipinski definition) is 8. The highest BCUT2D eigenvalue weighted by molar-refractivity contribution is 7.15. The van der Waals surface area contributed by atoms with Crippen molar-refractivity contribution < 1.29 is 9.21 Å². The highest BCUT2D eigenvalue weighted by Crippen LogP contribution is 2.43. The Balaban J connectivity index is 1.38. The Labute approximate surface area is 163 Å². The molecule has 0 saturated carbocycles. The molecule has 136 valence electrons. The van der Waals surface area contributed by atoms with Crippen LogP contribution < -0.4 is 9.80 Å². The predicted molar refractivity (Wildman–Crippen MR) is 100 cm³/mol. The summed E-state index contributed by atoms with van der Waals surface area (Å²) >= 11 is 7.55. The van der Waals surface area contributed by atoms with E-state index in [4.69, 9.17) is 16.0 Å². The molecule has 27 heavy (non-hydrogen) atoms. The number of furan rings is 1. The minimum absolute atomic E-state index is 0.196. The Bertz CT molecular complexity index is 1020. The number of carbonyl (C=O) groups is 1. The summed E-state index contributed by atoms with van der Waals surface area (Å²) in [7, 11) is 0. The fourth-order valence-electron chi connectivity index (χ4n) is 3.18. The zero-order chi connectivity index (χ0) is 18.4. The van der Waals surface area contributed by atoms with E-state index in [1.807, 2.05) is 24.3 Å². The number of aromatic nitrogens is 2. The third kappa shape index (κ3) is 2.70. The van der Waals surface area contributed by atoms with Crippen molar-refractivity contribution in [3.8, 4) is 0 Å². The number of alkyl halides is 1. The molecule has 0 radical (unpaired) electrons. The molecule has 1 saturated heterocycles. The zero-order valence-electron chi connectivity index (χ0n) is 13.9. The van der Waals surface area contributed by atoms with Gasteiger partial charge in [-0.15, -0.1) is 21.8 Å². The largest absolute Gasteiger partial charge is 0.467 e. The Hall–Kier alpha value is -2.78. The van der Waals surface area contributed by atoms with E-state index in [0.29, 0.717) is 24.1 Å². The van der Waals surface area contributed by atoms with E-state index in [9.17, 15) is 4.79 Å². The third-order valence-electron chi connectivity index (χ3n) is 4.49. The van der Waals surface area contributed by atoms with E-state index in [0.717, 1.165) is 16.4 Å². The van der Waals surface area contributed by atoms with Gasteiger partial charge in [0.2, 0.25) is 11.0 Å². The van der Waals surface area contributed by atoms with Gasteiger partial charge in [-0.2, -0.15) is 10.2 Å². The number of fused-ring (bicyclic) bond motifs is 1. The van der Waals surface area contributed by atoms with Gasteiger partial charge in [-0.1, -0.05) is 23.5 Å². The van der Waals surface area contributed by atoms with Crippen LogP contribution in [-0.4, -0.2) is 28.2 Å². The van der Waals surface area contributed by atoms with Crippen molar-refractivity contribution in [1.82, 2.24) is 10.2 Å². The summed E-state index contributed by atoms with van der Waals surface area (Å²) in [5.74, 6) is 0.439. The smallest absolute Gasteiger partial charge is 0.250 e. The molecular formula is C17H13ClN6O2S. The number of para-hydroxylation sites is 1. The first-order chi connectivity index (χ1) is 13.2. The van der Waals surface area contributed by atoms with Gasteiger partial charge in [-0.25, -0.2) is 0 Å². The number of nitrogens with zero attached hydrogens (tertiary/aromatic N) is 6. The molecule has 2 aromatic heterocycles.